The first kappa shape index (κ1) is 13.4. The van der Waals surface area contributed by atoms with E-state index in [0.717, 1.165) is 28.0 Å². The van der Waals surface area contributed by atoms with E-state index in [9.17, 15) is 4.79 Å². The van der Waals surface area contributed by atoms with E-state index in [1.54, 1.807) is 6.20 Å². The van der Waals surface area contributed by atoms with Crippen molar-refractivity contribution in [3.8, 4) is 0 Å². The van der Waals surface area contributed by atoms with E-state index >= 15 is 0 Å². The third-order valence-corrected chi connectivity index (χ3v) is 3.64. The molecule has 0 saturated carbocycles. The number of fused-ring (bicyclic) bond motifs is 1. The summed E-state index contributed by atoms with van der Waals surface area (Å²) in [5, 5.41) is 3.93. The minimum atomic E-state index is -0.0336. The lowest BCUT2D eigenvalue weighted by Crippen LogP contribution is -2.20. The summed E-state index contributed by atoms with van der Waals surface area (Å²) in [4.78, 5) is 16.6. The second kappa shape index (κ2) is 5.40. The van der Waals surface area contributed by atoms with E-state index in [4.69, 9.17) is 0 Å². The lowest BCUT2D eigenvalue weighted by molar-refractivity contribution is -0.116. The molecule has 2 aromatic heterocycles. The Balaban J connectivity index is 1.84. The number of rotatable bonds is 3. The average molecular weight is 279 g/mol. The number of hydrogen-bond acceptors (Lipinski definition) is 2. The maximum absolute atomic E-state index is 12.3. The molecule has 0 saturated heterocycles. The Labute approximate surface area is 123 Å². The quantitative estimate of drug-likeness (QED) is 0.799. The van der Waals surface area contributed by atoms with Crippen molar-refractivity contribution in [2.75, 3.05) is 5.32 Å². The molecule has 1 N–H and O–H groups in total. The van der Waals surface area contributed by atoms with Gasteiger partial charge in [-0.1, -0.05) is 6.07 Å². The molecule has 0 aliphatic rings. The molecule has 0 radical (unpaired) electrons. The number of aryl methyl sites for hydroxylation is 2. The fraction of sp³-hybridized carbons (Fsp3) is 0.176. The van der Waals surface area contributed by atoms with Gasteiger partial charge in [-0.15, -0.1) is 0 Å². The van der Waals surface area contributed by atoms with Gasteiger partial charge < -0.3 is 9.88 Å². The Bertz CT molecular complexity index is 780. The highest BCUT2D eigenvalue weighted by atomic mass is 16.1. The molecule has 0 unspecified atom stereocenters. The standard InChI is InChI=1S/C17H17N3O/c1-12-8-9-13(2)20(12)11-17(21)19-16-7-3-6-15-14(16)5-4-10-18-15/h3-10H,11H2,1-2H3,(H,19,21). The number of carbonyl (C=O) groups excluding carboxylic acids is 1. The number of aromatic nitrogens is 2. The lowest BCUT2D eigenvalue weighted by atomic mass is 10.2. The summed E-state index contributed by atoms with van der Waals surface area (Å²) in [7, 11) is 0. The van der Waals surface area contributed by atoms with Crippen molar-refractivity contribution in [3.63, 3.8) is 0 Å². The number of amides is 1. The summed E-state index contributed by atoms with van der Waals surface area (Å²) >= 11 is 0. The van der Waals surface area contributed by atoms with Gasteiger partial charge in [-0.3, -0.25) is 9.78 Å². The van der Waals surface area contributed by atoms with Crippen LogP contribution in [0.15, 0.2) is 48.7 Å². The molecule has 3 rings (SSSR count). The average Bonchev–Trinajstić information content (AvgIpc) is 2.79. The first-order chi connectivity index (χ1) is 10.1. The Hall–Kier alpha value is -2.62. The predicted octanol–water partition coefficient (Wildman–Crippen LogP) is 3.29. The highest BCUT2D eigenvalue weighted by molar-refractivity contribution is 6.00. The fourth-order valence-electron chi connectivity index (χ4n) is 2.49. The Morgan fingerprint density at radius 2 is 1.86 bits per heavy atom. The molecular formula is C17H17N3O. The molecular weight excluding hydrogens is 262 g/mol. The van der Waals surface area contributed by atoms with Crippen molar-refractivity contribution < 1.29 is 4.79 Å². The lowest BCUT2D eigenvalue weighted by Gasteiger charge is -2.11. The van der Waals surface area contributed by atoms with E-state index in [0.29, 0.717) is 6.54 Å². The van der Waals surface area contributed by atoms with Crippen LogP contribution in [-0.4, -0.2) is 15.5 Å². The molecule has 0 spiro atoms. The maximum atomic E-state index is 12.3. The van der Waals surface area contributed by atoms with E-state index in [1.807, 2.05) is 60.9 Å². The largest absolute Gasteiger partial charge is 0.340 e. The second-order valence-electron chi connectivity index (χ2n) is 5.13. The van der Waals surface area contributed by atoms with Crippen molar-refractivity contribution in [1.82, 2.24) is 9.55 Å². The zero-order chi connectivity index (χ0) is 14.8. The SMILES string of the molecule is Cc1ccc(C)n1CC(=O)Nc1cccc2ncccc12. The number of anilines is 1. The number of nitrogens with one attached hydrogen (secondary N) is 1. The molecule has 4 heteroatoms. The third kappa shape index (κ3) is 2.65. The van der Waals surface area contributed by atoms with E-state index in [1.165, 1.54) is 0 Å². The summed E-state index contributed by atoms with van der Waals surface area (Å²) < 4.78 is 2.00. The number of hydrogen-bond donors (Lipinski definition) is 1. The summed E-state index contributed by atoms with van der Waals surface area (Å²) in [5.74, 6) is -0.0336. The molecule has 3 aromatic rings. The Morgan fingerprint density at radius 3 is 2.62 bits per heavy atom. The van der Waals surface area contributed by atoms with Gasteiger partial charge in [0.05, 0.1) is 11.2 Å². The molecule has 0 atom stereocenters. The summed E-state index contributed by atoms with van der Waals surface area (Å²) in [5.41, 5.74) is 3.85. The third-order valence-electron chi connectivity index (χ3n) is 3.64. The zero-order valence-electron chi connectivity index (χ0n) is 12.1. The summed E-state index contributed by atoms with van der Waals surface area (Å²) in [6.45, 7) is 4.32. The van der Waals surface area contributed by atoms with Crippen LogP contribution in [0, 0.1) is 13.8 Å². The van der Waals surface area contributed by atoms with E-state index in [2.05, 4.69) is 10.3 Å². The predicted molar refractivity (Wildman–Crippen MR) is 84.3 cm³/mol. The van der Waals surface area contributed by atoms with Gasteiger partial charge in [0.25, 0.3) is 0 Å². The first-order valence-corrected chi connectivity index (χ1v) is 6.91. The minimum Gasteiger partial charge on any atom is -0.340 e. The van der Waals surface area contributed by atoms with Crippen LogP contribution in [0.1, 0.15) is 11.4 Å². The van der Waals surface area contributed by atoms with Gasteiger partial charge >= 0.3 is 0 Å². The summed E-state index contributed by atoms with van der Waals surface area (Å²) in [6.07, 6.45) is 1.75. The van der Waals surface area contributed by atoms with Gasteiger partial charge in [0.15, 0.2) is 0 Å². The maximum Gasteiger partial charge on any atom is 0.244 e. The molecule has 1 amide bonds. The molecule has 21 heavy (non-hydrogen) atoms. The molecule has 106 valence electrons. The summed E-state index contributed by atoms with van der Waals surface area (Å²) in [6, 6.07) is 13.6. The molecule has 0 bridgehead atoms. The van der Waals surface area contributed by atoms with Crippen molar-refractivity contribution in [1.29, 1.82) is 0 Å². The monoisotopic (exact) mass is 279 g/mol. The van der Waals surface area contributed by atoms with Crippen LogP contribution < -0.4 is 5.32 Å². The van der Waals surface area contributed by atoms with Gasteiger partial charge in [0.2, 0.25) is 5.91 Å². The van der Waals surface area contributed by atoms with Crippen LogP contribution in [0.2, 0.25) is 0 Å². The van der Waals surface area contributed by atoms with Gasteiger partial charge in [0, 0.05) is 23.0 Å². The smallest absolute Gasteiger partial charge is 0.244 e. The van der Waals surface area contributed by atoms with Gasteiger partial charge in [-0.05, 0) is 50.2 Å². The van der Waals surface area contributed by atoms with E-state index in [-0.39, 0.29) is 5.91 Å². The molecule has 0 aliphatic carbocycles. The van der Waals surface area contributed by atoms with E-state index < -0.39 is 0 Å². The molecule has 2 heterocycles. The van der Waals surface area contributed by atoms with Crippen LogP contribution in [0.25, 0.3) is 10.9 Å². The Kier molecular flexibility index (Phi) is 3.44. The fourth-order valence-corrected chi connectivity index (χ4v) is 2.49. The van der Waals surface area contributed by atoms with Crippen molar-refractivity contribution in [2.45, 2.75) is 20.4 Å². The van der Waals surface area contributed by atoms with Crippen LogP contribution in [0.3, 0.4) is 0 Å². The van der Waals surface area contributed by atoms with Crippen molar-refractivity contribution in [2.24, 2.45) is 0 Å². The van der Waals surface area contributed by atoms with Crippen molar-refractivity contribution >= 4 is 22.5 Å². The van der Waals surface area contributed by atoms with Crippen LogP contribution in [0.4, 0.5) is 5.69 Å². The van der Waals surface area contributed by atoms with Gasteiger partial charge in [-0.2, -0.15) is 0 Å². The van der Waals surface area contributed by atoms with Crippen LogP contribution >= 0.6 is 0 Å². The Morgan fingerprint density at radius 1 is 1.10 bits per heavy atom. The molecule has 4 nitrogen and oxygen atoms in total. The zero-order valence-corrected chi connectivity index (χ0v) is 12.1. The van der Waals surface area contributed by atoms with Crippen LogP contribution in [-0.2, 0) is 11.3 Å². The van der Waals surface area contributed by atoms with Gasteiger partial charge in [-0.25, -0.2) is 0 Å². The normalized spacial score (nSPS) is 10.8. The van der Waals surface area contributed by atoms with Crippen LogP contribution in [0.5, 0.6) is 0 Å². The number of benzene rings is 1. The number of nitrogens with zero attached hydrogens (tertiary/aromatic N) is 2. The van der Waals surface area contributed by atoms with Gasteiger partial charge in [0.1, 0.15) is 6.54 Å². The highest BCUT2D eigenvalue weighted by Crippen LogP contribution is 2.21. The number of pyridine rings is 1. The molecule has 0 aliphatic heterocycles. The topological polar surface area (TPSA) is 46.9 Å². The highest BCUT2D eigenvalue weighted by Gasteiger charge is 2.09. The second-order valence-corrected chi connectivity index (χ2v) is 5.13. The molecule has 0 fully saturated rings. The first-order valence-electron chi connectivity index (χ1n) is 6.91. The number of carbonyl (C=O) groups is 1. The molecule has 1 aromatic carbocycles. The minimum absolute atomic E-state index is 0.0336. The van der Waals surface area contributed by atoms with Crippen molar-refractivity contribution in [3.05, 3.63) is 60.0 Å².